The van der Waals surface area contributed by atoms with E-state index in [0.29, 0.717) is 0 Å². The Morgan fingerprint density at radius 2 is 2.18 bits per heavy atom. The van der Waals surface area contributed by atoms with Crippen LogP contribution < -0.4 is 10.6 Å². The van der Waals surface area contributed by atoms with E-state index in [4.69, 9.17) is 10.5 Å². The lowest BCUT2D eigenvalue weighted by molar-refractivity contribution is 0.122. The molecule has 0 amide bonds. The highest BCUT2D eigenvalue weighted by molar-refractivity contribution is 5.48. The molecule has 2 N–H and O–H groups in total. The lowest BCUT2D eigenvalue weighted by atomic mass is 10.1. The zero-order valence-corrected chi connectivity index (χ0v) is 10.6. The summed E-state index contributed by atoms with van der Waals surface area (Å²) in [5, 5.41) is 0. The molecular weight excluding hydrogens is 214 g/mol. The Hall–Kier alpha value is -1.13. The van der Waals surface area contributed by atoms with Crippen LogP contribution in [-0.2, 0) is 4.74 Å². The molecule has 0 unspecified atom stereocenters. The first-order chi connectivity index (χ1) is 8.22. The van der Waals surface area contributed by atoms with Gasteiger partial charge in [0.2, 0.25) is 0 Å². The van der Waals surface area contributed by atoms with Crippen molar-refractivity contribution in [2.75, 3.05) is 31.2 Å². The summed E-state index contributed by atoms with van der Waals surface area (Å²) in [5.41, 5.74) is 8.35. The van der Waals surface area contributed by atoms with Crippen molar-refractivity contribution in [2.45, 2.75) is 26.3 Å². The van der Waals surface area contributed by atoms with Crippen LogP contribution in [-0.4, -0.2) is 31.3 Å². The minimum Gasteiger partial charge on any atom is -0.378 e. The molecule has 1 atom stereocenters. The third-order valence-electron chi connectivity index (χ3n) is 3.25. The molecule has 1 fully saturated rings. The number of morpholine rings is 1. The van der Waals surface area contributed by atoms with E-state index in [1.807, 2.05) is 6.20 Å². The zero-order chi connectivity index (χ0) is 12.3. The minimum absolute atomic E-state index is 0.0972. The van der Waals surface area contributed by atoms with E-state index < -0.39 is 0 Å². The predicted octanol–water partition coefficient (Wildman–Crippen LogP) is 1.64. The molecule has 94 valence electrons. The second-order valence-electron chi connectivity index (χ2n) is 4.52. The van der Waals surface area contributed by atoms with Crippen LogP contribution in [0, 0.1) is 6.92 Å². The molecule has 0 spiro atoms. The highest BCUT2D eigenvalue weighted by Gasteiger charge is 2.15. The van der Waals surface area contributed by atoms with Gasteiger partial charge in [0.05, 0.1) is 13.2 Å². The third-order valence-corrected chi connectivity index (χ3v) is 3.25. The number of aromatic nitrogens is 1. The van der Waals surface area contributed by atoms with Gasteiger partial charge < -0.3 is 15.4 Å². The van der Waals surface area contributed by atoms with Gasteiger partial charge in [-0.25, -0.2) is 4.98 Å². The lowest BCUT2D eigenvalue weighted by Crippen LogP contribution is -2.37. The van der Waals surface area contributed by atoms with Crippen molar-refractivity contribution in [2.24, 2.45) is 5.73 Å². The zero-order valence-electron chi connectivity index (χ0n) is 10.6. The number of hydrogen-bond donors (Lipinski definition) is 1. The normalized spacial score (nSPS) is 18.2. The first-order valence-electron chi connectivity index (χ1n) is 6.27. The first-order valence-corrected chi connectivity index (χ1v) is 6.27. The van der Waals surface area contributed by atoms with E-state index in [1.54, 1.807) is 0 Å². The van der Waals surface area contributed by atoms with Crippen molar-refractivity contribution in [3.05, 3.63) is 23.4 Å². The molecule has 0 aromatic carbocycles. The molecule has 17 heavy (non-hydrogen) atoms. The van der Waals surface area contributed by atoms with Crippen LogP contribution in [0.4, 0.5) is 5.82 Å². The van der Waals surface area contributed by atoms with Crippen LogP contribution in [0.5, 0.6) is 0 Å². The Morgan fingerprint density at radius 3 is 2.76 bits per heavy atom. The molecular formula is C13H21N3O. The molecule has 0 saturated carbocycles. The second kappa shape index (κ2) is 5.47. The summed E-state index contributed by atoms with van der Waals surface area (Å²) in [6, 6.07) is 2.26. The molecule has 0 radical (unpaired) electrons. The Balaban J connectivity index is 2.18. The van der Waals surface area contributed by atoms with Crippen LogP contribution in [0.25, 0.3) is 0 Å². The largest absolute Gasteiger partial charge is 0.378 e. The highest BCUT2D eigenvalue weighted by atomic mass is 16.5. The fraction of sp³-hybridized carbons (Fsp3) is 0.615. The summed E-state index contributed by atoms with van der Waals surface area (Å²) >= 11 is 0. The molecule has 1 aliphatic rings. The van der Waals surface area contributed by atoms with Crippen molar-refractivity contribution < 1.29 is 4.74 Å². The number of anilines is 1. The number of pyridine rings is 1. The number of nitrogens with zero attached hydrogens (tertiary/aromatic N) is 2. The molecule has 1 aromatic heterocycles. The molecule has 1 aliphatic heterocycles. The van der Waals surface area contributed by atoms with Gasteiger partial charge in [0.1, 0.15) is 5.82 Å². The number of nitrogens with two attached hydrogens (primary N) is 1. The highest BCUT2D eigenvalue weighted by Crippen LogP contribution is 2.22. The van der Waals surface area contributed by atoms with Crippen LogP contribution in [0.1, 0.15) is 30.5 Å². The molecule has 2 heterocycles. The molecule has 4 heteroatoms. The third kappa shape index (κ3) is 2.76. The van der Waals surface area contributed by atoms with Crippen LogP contribution in [0.15, 0.2) is 12.3 Å². The van der Waals surface area contributed by atoms with Crippen LogP contribution in [0.3, 0.4) is 0 Å². The summed E-state index contributed by atoms with van der Waals surface area (Å²) in [6.45, 7) is 7.62. The Kier molecular flexibility index (Phi) is 3.97. The van der Waals surface area contributed by atoms with E-state index in [2.05, 4.69) is 29.8 Å². The van der Waals surface area contributed by atoms with Gasteiger partial charge in [-0.15, -0.1) is 0 Å². The smallest absolute Gasteiger partial charge is 0.131 e. The Bertz CT molecular complexity index is 375. The topological polar surface area (TPSA) is 51.4 Å². The van der Waals surface area contributed by atoms with Crippen molar-refractivity contribution in [1.82, 2.24) is 4.98 Å². The number of rotatable bonds is 3. The van der Waals surface area contributed by atoms with Crippen LogP contribution >= 0.6 is 0 Å². The van der Waals surface area contributed by atoms with Crippen LogP contribution in [0.2, 0.25) is 0 Å². The fourth-order valence-electron chi connectivity index (χ4n) is 2.13. The Morgan fingerprint density at radius 1 is 1.47 bits per heavy atom. The summed E-state index contributed by atoms with van der Waals surface area (Å²) < 4.78 is 5.35. The quantitative estimate of drug-likeness (QED) is 0.865. The number of aryl methyl sites for hydroxylation is 1. The molecule has 4 nitrogen and oxygen atoms in total. The summed E-state index contributed by atoms with van der Waals surface area (Å²) in [5.74, 6) is 1.07. The Labute approximate surface area is 103 Å². The predicted molar refractivity (Wildman–Crippen MR) is 69.2 cm³/mol. The first kappa shape index (κ1) is 12.3. The average Bonchev–Trinajstić information content (AvgIpc) is 2.38. The van der Waals surface area contributed by atoms with E-state index in [1.165, 1.54) is 5.56 Å². The lowest BCUT2D eigenvalue weighted by Gasteiger charge is -2.29. The van der Waals surface area contributed by atoms with Gasteiger partial charge in [0, 0.05) is 25.3 Å². The van der Waals surface area contributed by atoms with Crippen molar-refractivity contribution in [1.29, 1.82) is 0 Å². The summed E-state index contributed by atoms with van der Waals surface area (Å²) in [6.07, 6.45) is 2.85. The summed E-state index contributed by atoms with van der Waals surface area (Å²) in [4.78, 5) is 6.84. The van der Waals surface area contributed by atoms with E-state index >= 15 is 0 Å². The second-order valence-corrected chi connectivity index (χ2v) is 4.52. The van der Waals surface area contributed by atoms with Gasteiger partial charge in [0.15, 0.2) is 0 Å². The summed E-state index contributed by atoms with van der Waals surface area (Å²) in [7, 11) is 0. The van der Waals surface area contributed by atoms with Gasteiger partial charge in [0.25, 0.3) is 0 Å². The maximum atomic E-state index is 6.02. The SMILES string of the molecule is CC[C@H](N)c1cnc(N2CCOCC2)c(C)c1. The van der Waals surface area contributed by atoms with E-state index in [0.717, 1.165) is 44.1 Å². The molecule has 1 aromatic rings. The molecule has 0 bridgehead atoms. The van der Waals surface area contributed by atoms with Gasteiger partial charge in [-0.2, -0.15) is 0 Å². The van der Waals surface area contributed by atoms with Crippen molar-refractivity contribution in [3.63, 3.8) is 0 Å². The minimum atomic E-state index is 0.0972. The monoisotopic (exact) mass is 235 g/mol. The van der Waals surface area contributed by atoms with Gasteiger partial charge in [-0.1, -0.05) is 6.92 Å². The maximum absolute atomic E-state index is 6.02. The van der Waals surface area contributed by atoms with E-state index in [-0.39, 0.29) is 6.04 Å². The molecule has 0 aliphatic carbocycles. The van der Waals surface area contributed by atoms with Gasteiger partial charge in [-0.3, -0.25) is 0 Å². The molecule has 1 saturated heterocycles. The fourth-order valence-corrected chi connectivity index (χ4v) is 2.13. The molecule has 2 rings (SSSR count). The maximum Gasteiger partial charge on any atom is 0.131 e. The number of ether oxygens (including phenoxy) is 1. The van der Waals surface area contributed by atoms with Crippen molar-refractivity contribution >= 4 is 5.82 Å². The standard InChI is InChI=1S/C13H21N3O/c1-3-12(14)11-8-10(2)13(15-9-11)16-4-6-17-7-5-16/h8-9,12H,3-7,14H2,1-2H3/t12-/m0/s1. The number of hydrogen-bond acceptors (Lipinski definition) is 4. The van der Waals surface area contributed by atoms with Gasteiger partial charge >= 0.3 is 0 Å². The average molecular weight is 235 g/mol. The van der Waals surface area contributed by atoms with Crippen molar-refractivity contribution in [3.8, 4) is 0 Å². The van der Waals surface area contributed by atoms with Gasteiger partial charge in [-0.05, 0) is 30.5 Å². The van der Waals surface area contributed by atoms with E-state index in [9.17, 15) is 0 Å².